The van der Waals surface area contributed by atoms with Crippen molar-refractivity contribution in [2.75, 3.05) is 7.05 Å². The van der Waals surface area contributed by atoms with Crippen LogP contribution in [0.2, 0.25) is 5.22 Å². The molecule has 0 spiro atoms. The summed E-state index contributed by atoms with van der Waals surface area (Å²) in [4.78, 5) is 0. The molecule has 1 unspecified atom stereocenters. The van der Waals surface area contributed by atoms with E-state index in [1.165, 1.54) is 16.7 Å². The molecule has 1 N–H and O–H groups in total. The molecule has 0 saturated heterocycles. The molecule has 18 heavy (non-hydrogen) atoms. The summed E-state index contributed by atoms with van der Waals surface area (Å²) in [6.45, 7) is 4.17. The summed E-state index contributed by atoms with van der Waals surface area (Å²) in [5.41, 5.74) is 3.61. The maximum absolute atomic E-state index is 5.84. The Morgan fingerprint density at radius 1 is 1.22 bits per heavy atom. The summed E-state index contributed by atoms with van der Waals surface area (Å²) in [5, 5.41) is 3.68. The standard InChI is InChI=1S/C14H15BrClNO/c1-8-7-11(15)9(2)6-10(8)14(17-3)12-4-5-13(16)18-12/h4-7,14,17H,1-3H3. The Hall–Kier alpha value is -0.770. The highest BCUT2D eigenvalue weighted by Gasteiger charge is 2.18. The van der Waals surface area contributed by atoms with Crippen molar-refractivity contribution < 1.29 is 4.42 Å². The second-order valence-electron chi connectivity index (χ2n) is 4.32. The van der Waals surface area contributed by atoms with Crippen molar-refractivity contribution >= 4 is 27.5 Å². The molecule has 96 valence electrons. The Bertz CT molecular complexity index is 565. The first-order chi connectivity index (χ1) is 8.52. The zero-order valence-corrected chi connectivity index (χ0v) is 12.9. The number of aryl methyl sites for hydroxylation is 2. The average Bonchev–Trinajstić information content (AvgIpc) is 2.73. The number of benzene rings is 1. The number of hydrogen-bond donors (Lipinski definition) is 1. The molecule has 0 radical (unpaired) electrons. The number of halogens is 2. The van der Waals surface area contributed by atoms with E-state index in [0.717, 1.165) is 10.2 Å². The molecule has 0 saturated carbocycles. The molecule has 4 heteroatoms. The van der Waals surface area contributed by atoms with Gasteiger partial charge in [0, 0.05) is 4.47 Å². The lowest BCUT2D eigenvalue weighted by Crippen LogP contribution is -2.18. The van der Waals surface area contributed by atoms with Crippen molar-refractivity contribution in [1.82, 2.24) is 5.32 Å². The lowest BCUT2D eigenvalue weighted by Gasteiger charge is -2.18. The van der Waals surface area contributed by atoms with Gasteiger partial charge in [-0.1, -0.05) is 22.0 Å². The van der Waals surface area contributed by atoms with Gasteiger partial charge in [-0.05, 0) is 67.4 Å². The van der Waals surface area contributed by atoms with Gasteiger partial charge in [-0.2, -0.15) is 0 Å². The number of nitrogens with one attached hydrogen (secondary N) is 1. The third-order valence-electron chi connectivity index (χ3n) is 3.03. The molecule has 1 aromatic carbocycles. The molecule has 0 aliphatic rings. The van der Waals surface area contributed by atoms with Crippen molar-refractivity contribution in [3.05, 3.63) is 56.4 Å². The molecular formula is C14H15BrClNO. The summed E-state index contributed by atoms with van der Waals surface area (Å²) in [6.07, 6.45) is 0. The zero-order valence-electron chi connectivity index (χ0n) is 10.6. The van der Waals surface area contributed by atoms with Crippen LogP contribution in [-0.2, 0) is 0 Å². The Balaban J connectivity index is 2.48. The van der Waals surface area contributed by atoms with E-state index < -0.39 is 0 Å². The largest absolute Gasteiger partial charge is 0.448 e. The van der Waals surface area contributed by atoms with E-state index >= 15 is 0 Å². The van der Waals surface area contributed by atoms with Gasteiger partial charge in [-0.3, -0.25) is 0 Å². The number of hydrogen-bond acceptors (Lipinski definition) is 2. The van der Waals surface area contributed by atoms with Crippen LogP contribution in [0.25, 0.3) is 0 Å². The molecule has 0 fully saturated rings. The van der Waals surface area contributed by atoms with E-state index in [9.17, 15) is 0 Å². The van der Waals surface area contributed by atoms with Crippen molar-refractivity contribution in [1.29, 1.82) is 0 Å². The molecular weight excluding hydrogens is 314 g/mol. The molecule has 0 amide bonds. The van der Waals surface area contributed by atoms with Gasteiger partial charge in [0.1, 0.15) is 5.76 Å². The van der Waals surface area contributed by atoms with Crippen LogP contribution in [0.1, 0.15) is 28.5 Å². The monoisotopic (exact) mass is 327 g/mol. The lowest BCUT2D eigenvalue weighted by atomic mass is 9.97. The smallest absolute Gasteiger partial charge is 0.193 e. The van der Waals surface area contributed by atoms with Crippen LogP contribution in [0.3, 0.4) is 0 Å². The molecule has 2 nitrogen and oxygen atoms in total. The molecule has 0 aliphatic heterocycles. The van der Waals surface area contributed by atoms with Gasteiger partial charge in [-0.25, -0.2) is 0 Å². The van der Waals surface area contributed by atoms with Crippen molar-refractivity contribution in [2.24, 2.45) is 0 Å². The van der Waals surface area contributed by atoms with Gasteiger partial charge >= 0.3 is 0 Å². The normalized spacial score (nSPS) is 12.7. The van der Waals surface area contributed by atoms with Crippen LogP contribution in [0, 0.1) is 13.8 Å². The zero-order chi connectivity index (χ0) is 13.3. The second kappa shape index (κ2) is 5.47. The highest BCUT2D eigenvalue weighted by molar-refractivity contribution is 9.10. The Morgan fingerprint density at radius 2 is 1.94 bits per heavy atom. The maximum atomic E-state index is 5.84. The minimum atomic E-state index is 0.0179. The Labute approximate surface area is 120 Å². The van der Waals surface area contributed by atoms with Gasteiger partial charge in [0.25, 0.3) is 0 Å². The summed E-state index contributed by atoms with van der Waals surface area (Å²) in [6, 6.07) is 7.98. The van der Waals surface area contributed by atoms with Gasteiger partial charge in [0.2, 0.25) is 0 Å². The van der Waals surface area contributed by atoms with Crippen LogP contribution in [-0.4, -0.2) is 7.05 Å². The fourth-order valence-corrected chi connectivity index (χ4v) is 2.66. The predicted octanol–water partition coefficient (Wildman–Crippen LogP) is 4.62. The summed E-state index contributed by atoms with van der Waals surface area (Å²) in [5.74, 6) is 0.826. The second-order valence-corrected chi connectivity index (χ2v) is 5.55. The fraction of sp³-hybridized carbons (Fsp3) is 0.286. The molecule has 1 aromatic heterocycles. The van der Waals surface area contributed by atoms with Crippen molar-refractivity contribution in [2.45, 2.75) is 19.9 Å². The summed E-state index contributed by atoms with van der Waals surface area (Å²) >= 11 is 9.39. The molecule has 2 aromatic rings. The van der Waals surface area contributed by atoms with E-state index in [-0.39, 0.29) is 6.04 Å². The van der Waals surface area contributed by atoms with Crippen LogP contribution >= 0.6 is 27.5 Å². The first-order valence-corrected chi connectivity index (χ1v) is 6.89. The minimum absolute atomic E-state index is 0.0179. The molecule has 1 atom stereocenters. The SMILES string of the molecule is CNC(c1ccc(Cl)o1)c1cc(C)c(Br)cc1C. The summed E-state index contributed by atoms with van der Waals surface area (Å²) in [7, 11) is 1.91. The maximum Gasteiger partial charge on any atom is 0.193 e. The van der Waals surface area contributed by atoms with Crippen LogP contribution in [0.4, 0.5) is 0 Å². The lowest BCUT2D eigenvalue weighted by molar-refractivity contribution is 0.464. The highest BCUT2D eigenvalue weighted by Crippen LogP contribution is 2.30. The van der Waals surface area contributed by atoms with Gasteiger partial charge < -0.3 is 9.73 Å². The van der Waals surface area contributed by atoms with E-state index in [1.54, 1.807) is 6.07 Å². The molecule has 2 rings (SSSR count). The quantitative estimate of drug-likeness (QED) is 0.889. The third-order valence-corrected chi connectivity index (χ3v) is 4.08. The first-order valence-electron chi connectivity index (χ1n) is 5.72. The van der Waals surface area contributed by atoms with E-state index in [0.29, 0.717) is 5.22 Å². The van der Waals surface area contributed by atoms with Gasteiger partial charge in [-0.15, -0.1) is 0 Å². The molecule has 0 aliphatic carbocycles. The van der Waals surface area contributed by atoms with E-state index in [4.69, 9.17) is 16.0 Å². The Morgan fingerprint density at radius 3 is 2.50 bits per heavy atom. The third kappa shape index (κ3) is 2.63. The van der Waals surface area contributed by atoms with Crippen molar-refractivity contribution in [3.8, 4) is 0 Å². The number of furan rings is 1. The molecule has 1 heterocycles. The highest BCUT2D eigenvalue weighted by atomic mass is 79.9. The van der Waals surface area contributed by atoms with Crippen LogP contribution in [0.5, 0.6) is 0 Å². The average molecular weight is 329 g/mol. The Kier molecular flexibility index (Phi) is 4.15. The minimum Gasteiger partial charge on any atom is -0.448 e. The first kappa shape index (κ1) is 13.7. The van der Waals surface area contributed by atoms with Gasteiger partial charge in [0.15, 0.2) is 5.22 Å². The van der Waals surface area contributed by atoms with E-state index in [2.05, 4.69) is 47.2 Å². The fourth-order valence-electron chi connectivity index (χ4n) is 2.05. The van der Waals surface area contributed by atoms with Crippen LogP contribution in [0.15, 0.2) is 33.2 Å². The van der Waals surface area contributed by atoms with Crippen LogP contribution < -0.4 is 5.32 Å². The topological polar surface area (TPSA) is 25.2 Å². The number of rotatable bonds is 3. The van der Waals surface area contributed by atoms with Crippen molar-refractivity contribution in [3.63, 3.8) is 0 Å². The molecule has 0 bridgehead atoms. The van der Waals surface area contributed by atoms with Gasteiger partial charge in [0.05, 0.1) is 6.04 Å². The summed E-state index contributed by atoms with van der Waals surface area (Å²) < 4.78 is 6.63. The van der Waals surface area contributed by atoms with E-state index in [1.807, 2.05) is 13.1 Å². The predicted molar refractivity (Wildman–Crippen MR) is 78.2 cm³/mol.